The fourth-order valence-corrected chi connectivity index (χ4v) is 6.31. The van der Waals surface area contributed by atoms with Crippen LogP contribution >= 0.6 is 11.3 Å². The summed E-state index contributed by atoms with van der Waals surface area (Å²) in [5, 5.41) is 1.76. The summed E-state index contributed by atoms with van der Waals surface area (Å²) in [5.74, 6) is 0.151. The summed E-state index contributed by atoms with van der Waals surface area (Å²) in [7, 11) is -1.83. The second-order valence-electron chi connectivity index (χ2n) is 7.22. The summed E-state index contributed by atoms with van der Waals surface area (Å²) in [6.45, 7) is 3.93. The molecule has 0 bridgehead atoms. The Morgan fingerprint density at radius 3 is 2.54 bits per heavy atom. The predicted molar refractivity (Wildman–Crippen MR) is 104 cm³/mol. The first kappa shape index (κ1) is 19.8. The number of nitrogens with zero attached hydrogens (tertiary/aromatic N) is 3. The molecule has 1 aliphatic heterocycles. The molecule has 0 N–H and O–H groups in total. The van der Waals surface area contributed by atoms with Crippen molar-refractivity contribution in [1.82, 2.24) is 14.1 Å². The molecule has 0 spiro atoms. The van der Waals surface area contributed by atoms with Crippen LogP contribution in [0.2, 0.25) is 0 Å². The van der Waals surface area contributed by atoms with Crippen LogP contribution in [0.5, 0.6) is 0 Å². The van der Waals surface area contributed by atoms with Crippen molar-refractivity contribution in [3.05, 3.63) is 17.5 Å². The largest absolute Gasteiger partial charge is 0.340 e. The molecule has 26 heavy (non-hydrogen) atoms. The predicted octanol–water partition coefficient (Wildman–Crippen LogP) is 2.24. The number of thiophene rings is 1. The van der Waals surface area contributed by atoms with E-state index in [2.05, 4.69) is 4.90 Å². The highest BCUT2D eigenvalue weighted by Crippen LogP contribution is 2.24. The topological polar surface area (TPSA) is 60.9 Å². The molecule has 0 unspecified atom stereocenters. The third-order valence-electron chi connectivity index (χ3n) is 5.53. The number of amides is 1. The Morgan fingerprint density at radius 1 is 1.23 bits per heavy atom. The fraction of sp³-hybridized carbons (Fsp3) is 0.722. The van der Waals surface area contributed by atoms with Crippen molar-refractivity contribution < 1.29 is 13.2 Å². The zero-order valence-corrected chi connectivity index (χ0v) is 17.1. The molecule has 0 radical (unpaired) electrons. The summed E-state index contributed by atoms with van der Waals surface area (Å²) in [6, 6.07) is 4.08. The minimum absolute atomic E-state index is 0.151. The number of hydrogen-bond donors (Lipinski definition) is 0. The summed E-state index contributed by atoms with van der Waals surface area (Å²) in [4.78, 5) is 16.9. The average Bonchev–Trinajstić information content (AvgIpc) is 3.35. The molecule has 1 aliphatic carbocycles. The van der Waals surface area contributed by atoms with E-state index < -0.39 is 10.0 Å². The Morgan fingerprint density at radius 2 is 1.92 bits per heavy atom. The number of piperazine rings is 1. The Labute approximate surface area is 160 Å². The monoisotopic (exact) mass is 399 g/mol. The molecule has 1 saturated carbocycles. The lowest BCUT2D eigenvalue weighted by atomic mass is 10.1. The van der Waals surface area contributed by atoms with Gasteiger partial charge >= 0.3 is 0 Å². The molecule has 2 fully saturated rings. The maximum absolute atomic E-state index is 12.4. The summed E-state index contributed by atoms with van der Waals surface area (Å²) in [5.41, 5.74) is 0. The number of hydrogen-bond acceptors (Lipinski definition) is 5. The molecule has 1 saturated heterocycles. The van der Waals surface area contributed by atoms with Crippen molar-refractivity contribution >= 4 is 27.3 Å². The third-order valence-corrected chi connectivity index (χ3v) is 8.76. The van der Waals surface area contributed by atoms with Crippen molar-refractivity contribution in [3.63, 3.8) is 0 Å². The maximum Gasteiger partial charge on any atom is 0.252 e. The molecule has 0 aromatic carbocycles. The van der Waals surface area contributed by atoms with Gasteiger partial charge in [-0.3, -0.25) is 9.69 Å². The number of sulfonamides is 1. The fourth-order valence-electron chi connectivity index (χ4n) is 3.90. The quantitative estimate of drug-likeness (QED) is 0.705. The lowest BCUT2D eigenvalue weighted by Gasteiger charge is -2.38. The highest BCUT2D eigenvalue weighted by molar-refractivity contribution is 7.91. The van der Waals surface area contributed by atoms with E-state index in [-0.39, 0.29) is 5.91 Å². The Hall–Kier alpha value is -0.960. The SMILES string of the molecule is CN(CCCC(=O)N1CCN(C2CCCC2)CC1)S(=O)(=O)c1cccs1. The number of rotatable bonds is 7. The number of carbonyl (C=O) groups excluding carboxylic acids is 1. The maximum atomic E-state index is 12.4. The lowest BCUT2D eigenvalue weighted by Crippen LogP contribution is -2.51. The van der Waals surface area contributed by atoms with Gasteiger partial charge in [-0.25, -0.2) is 12.7 Å². The summed E-state index contributed by atoms with van der Waals surface area (Å²) >= 11 is 1.22. The van der Waals surface area contributed by atoms with Crippen LogP contribution in [0.25, 0.3) is 0 Å². The van der Waals surface area contributed by atoms with E-state index in [4.69, 9.17) is 0 Å². The first-order valence-electron chi connectivity index (χ1n) is 9.50. The lowest BCUT2D eigenvalue weighted by molar-refractivity contribution is -0.133. The van der Waals surface area contributed by atoms with E-state index in [9.17, 15) is 13.2 Å². The van der Waals surface area contributed by atoms with Crippen molar-refractivity contribution in [2.45, 2.75) is 48.8 Å². The second-order valence-corrected chi connectivity index (χ2v) is 10.4. The molecule has 146 valence electrons. The average molecular weight is 400 g/mol. The molecule has 2 aliphatic rings. The second kappa shape index (κ2) is 8.82. The van der Waals surface area contributed by atoms with Gasteiger partial charge in [-0.2, -0.15) is 0 Å². The van der Waals surface area contributed by atoms with Crippen molar-refractivity contribution in [3.8, 4) is 0 Å². The van der Waals surface area contributed by atoms with Gasteiger partial charge in [0.05, 0.1) is 0 Å². The van der Waals surface area contributed by atoms with Gasteiger partial charge in [-0.1, -0.05) is 18.9 Å². The highest BCUT2D eigenvalue weighted by Gasteiger charge is 2.28. The van der Waals surface area contributed by atoms with Crippen LogP contribution < -0.4 is 0 Å². The van der Waals surface area contributed by atoms with Crippen LogP contribution in [0.15, 0.2) is 21.7 Å². The van der Waals surface area contributed by atoms with E-state index in [1.165, 1.54) is 41.3 Å². The summed E-state index contributed by atoms with van der Waals surface area (Å²) in [6.07, 6.45) is 6.26. The molecule has 1 aromatic heterocycles. The van der Waals surface area contributed by atoms with Crippen LogP contribution in [0.1, 0.15) is 38.5 Å². The summed E-state index contributed by atoms with van der Waals surface area (Å²) < 4.78 is 26.4. The van der Waals surface area contributed by atoms with Gasteiger partial charge in [0.15, 0.2) is 0 Å². The van der Waals surface area contributed by atoms with Gasteiger partial charge < -0.3 is 4.90 Å². The molecular formula is C18H29N3O3S2. The molecule has 8 heteroatoms. The zero-order chi connectivity index (χ0) is 18.6. The van der Waals surface area contributed by atoms with Gasteiger partial charge in [0.1, 0.15) is 4.21 Å². The van der Waals surface area contributed by atoms with Crippen LogP contribution in [0, 0.1) is 0 Å². The molecule has 0 atom stereocenters. The van der Waals surface area contributed by atoms with E-state index in [0.717, 1.165) is 32.2 Å². The van der Waals surface area contributed by atoms with Gasteiger partial charge in [-0.05, 0) is 30.7 Å². The van der Waals surface area contributed by atoms with Gasteiger partial charge in [-0.15, -0.1) is 11.3 Å². The minimum atomic E-state index is -3.41. The Bertz CT molecular complexity index is 677. The Balaban J connectivity index is 1.39. The van der Waals surface area contributed by atoms with Crippen molar-refractivity contribution in [2.24, 2.45) is 0 Å². The molecule has 1 amide bonds. The van der Waals surface area contributed by atoms with Crippen LogP contribution in [0.3, 0.4) is 0 Å². The normalized spacial score (nSPS) is 20.2. The molecule has 2 heterocycles. The third kappa shape index (κ3) is 4.65. The zero-order valence-electron chi connectivity index (χ0n) is 15.5. The Kier molecular flexibility index (Phi) is 6.71. The van der Waals surface area contributed by atoms with Crippen LogP contribution in [-0.4, -0.2) is 74.2 Å². The van der Waals surface area contributed by atoms with E-state index in [1.54, 1.807) is 24.6 Å². The molecule has 1 aromatic rings. The smallest absolute Gasteiger partial charge is 0.252 e. The number of carbonyl (C=O) groups is 1. The standard InChI is InChI=1S/C18H29N3O3S2/c1-19(26(23,24)18-9-5-15-25-18)10-4-8-17(22)21-13-11-20(12-14-21)16-6-2-3-7-16/h5,9,15-16H,2-4,6-8,10-14H2,1H3. The molecular weight excluding hydrogens is 370 g/mol. The van der Waals surface area contributed by atoms with Gasteiger partial charge in [0, 0.05) is 52.2 Å². The minimum Gasteiger partial charge on any atom is -0.340 e. The highest BCUT2D eigenvalue weighted by atomic mass is 32.2. The van der Waals surface area contributed by atoms with E-state index in [0.29, 0.717) is 23.6 Å². The van der Waals surface area contributed by atoms with Crippen molar-refractivity contribution in [2.75, 3.05) is 39.8 Å². The van der Waals surface area contributed by atoms with Crippen LogP contribution in [0.4, 0.5) is 0 Å². The van der Waals surface area contributed by atoms with E-state index >= 15 is 0 Å². The first-order chi connectivity index (χ1) is 12.5. The van der Waals surface area contributed by atoms with E-state index in [1.807, 2.05) is 4.90 Å². The van der Waals surface area contributed by atoms with Gasteiger partial charge in [0.25, 0.3) is 10.0 Å². The van der Waals surface area contributed by atoms with Crippen molar-refractivity contribution in [1.29, 1.82) is 0 Å². The molecule has 6 nitrogen and oxygen atoms in total. The molecule has 3 rings (SSSR count). The van der Waals surface area contributed by atoms with Gasteiger partial charge in [0.2, 0.25) is 5.91 Å². The first-order valence-corrected chi connectivity index (χ1v) is 11.8. The van der Waals surface area contributed by atoms with Crippen LogP contribution in [-0.2, 0) is 14.8 Å².